The van der Waals surface area contributed by atoms with E-state index in [1.165, 1.54) is 6.07 Å². The standard InChI is InChI=1S/C22H23FN2O2/c23-20-9-5-4-8-19(20)16-24-22(27)18-12-14-25(15-13-18)21(26)11-10-17-6-2-1-3-7-17/h1-11,18H,12-16H2,(H,24,27)/b11-10+. The number of hydrogen-bond acceptors (Lipinski definition) is 2. The molecule has 0 unspecified atom stereocenters. The minimum Gasteiger partial charge on any atom is -0.352 e. The molecule has 0 radical (unpaired) electrons. The topological polar surface area (TPSA) is 49.4 Å². The fourth-order valence-corrected chi connectivity index (χ4v) is 3.17. The molecule has 1 heterocycles. The van der Waals surface area contributed by atoms with Crippen molar-refractivity contribution in [3.63, 3.8) is 0 Å². The van der Waals surface area contributed by atoms with Gasteiger partial charge in [-0.3, -0.25) is 9.59 Å². The molecule has 0 aromatic heterocycles. The molecule has 140 valence electrons. The van der Waals surface area contributed by atoms with Crippen LogP contribution in [-0.2, 0) is 16.1 Å². The average molecular weight is 366 g/mol. The monoisotopic (exact) mass is 366 g/mol. The van der Waals surface area contributed by atoms with Gasteiger partial charge >= 0.3 is 0 Å². The SMILES string of the molecule is O=C(NCc1ccccc1F)C1CCN(C(=O)/C=C/c2ccccc2)CC1. The van der Waals surface area contributed by atoms with Gasteiger partial charge in [-0.05, 0) is 30.5 Å². The maximum atomic E-state index is 13.6. The number of piperidine rings is 1. The summed E-state index contributed by atoms with van der Waals surface area (Å²) in [7, 11) is 0. The lowest BCUT2D eigenvalue weighted by Gasteiger charge is -2.30. The summed E-state index contributed by atoms with van der Waals surface area (Å²) in [5, 5.41) is 2.80. The molecule has 2 aromatic rings. The highest BCUT2D eigenvalue weighted by Gasteiger charge is 2.26. The van der Waals surface area contributed by atoms with E-state index in [0.29, 0.717) is 31.5 Å². The number of nitrogens with one attached hydrogen (secondary N) is 1. The molecule has 1 aliphatic heterocycles. The van der Waals surface area contributed by atoms with Gasteiger partial charge in [0, 0.05) is 37.2 Å². The zero-order valence-corrected chi connectivity index (χ0v) is 15.1. The van der Waals surface area contributed by atoms with Crippen molar-refractivity contribution in [1.82, 2.24) is 10.2 Å². The van der Waals surface area contributed by atoms with Crippen LogP contribution >= 0.6 is 0 Å². The van der Waals surface area contributed by atoms with Crippen LogP contribution in [-0.4, -0.2) is 29.8 Å². The van der Waals surface area contributed by atoms with E-state index in [1.807, 2.05) is 30.3 Å². The van der Waals surface area contributed by atoms with Gasteiger partial charge in [0.25, 0.3) is 0 Å². The zero-order chi connectivity index (χ0) is 19.1. The summed E-state index contributed by atoms with van der Waals surface area (Å²) >= 11 is 0. The van der Waals surface area contributed by atoms with E-state index in [2.05, 4.69) is 5.32 Å². The van der Waals surface area contributed by atoms with Gasteiger partial charge in [0.1, 0.15) is 5.82 Å². The van der Waals surface area contributed by atoms with E-state index in [0.717, 1.165) is 5.56 Å². The van der Waals surface area contributed by atoms with Crippen LogP contribution in [0.25, 0.3) is 6.08 Å². The van der Waals surface area contributed by atoms with E-state index < -0.39 is 0 Å². The Morgan fingerprint density at radius 1 is 1.04 bits per heavy atom. The van der Waals surface area contributed by atoms with Crippen molar-refractivity contribution in [1.29, 1.82) is 0 Å². The first-order chi connectivity index (χ1) is 13.1. The molecule has 2 amide bonds. The number of carbonyl (C=O) groups excluding carboxylic acids is 2. The molecule has 27 heavy (non-hydrogen) atoms. The lowest BCUT2D eigenvalue weighted by molar-refractivity contribution is -0.132. The number of hydrogen-bond donors (Lipinski definition) is 1. The van der Waals surface area contributed by atoms with Crippen molar-refractivity contribution in [2.75, 3.05) is 13.1 Å². The number of halogens is 1. The average Bonchev–Trinajstić information content (AvgIpc) is 2.72. The fourth-order valence-electron chi connectivity index (χ4n) is 3.17. The minimum absolute atomic E-state index is 0.0379. The Morgan fingerprint density at radius 3 is 2.41 bits per heavy atom. The van der Waals surface area contributed by atoms with Crippen LogP contribution in [0.15, 0.2) is 60.7 Å². The number of rotatable bonds is 5. The van der Waals surface area contributed by atoms with Crippen LogP contribution < -0.4 is 5.32 Å². The van der Waals surface area contributed by atoms with Gasteiger partial charge in [0.15, 0.2) is 0 Å². The smallest absolute Gasteiger partial charge is 0.246 e. The normalized spacial score (nSPS) is 15.1. The Kier molecular flexibility index (Phi) is 6.36. The third-order valence-electron chi connectivity index (χ3n) is 4.81. The summed E-state index contributed by atoms with van der Waals surface area (Å²) in [6, 6.07) is 16.1. The van der Waals surface area contributed by atoms with Gasteiger partial charge in [-0.15, -0.1) is 0 Å². The molecule has 1 fully saturated rings. The lowest BCUT2D eigenvalue weighted by Crippen LogP contribution is -2.42. The van der Waals surface area contributed by atoms with Crippen LogP contribution in [0, 0.1) is 11.7 Å². The molecule has 0 aliphatic carbocycles. The summed E-state index contributed by atoms with van der Waals surface area (Å²) in [6.45, 7) is 1.29. The maximum absolute atomic E-state index is 13.6. The van der Waals surface area contributed by atoms with Gasteiger partial charge in [-0.2, -0.15) is 0 Å². The van der Waals surface area contributed by atoms with Crippen molar-refractivity contribution in [2.24, 2.45) is 5.92 Å². The lowest BCUT2D eigenvalue weighted by atomic mass is 9.95. The molecule has 3 rings (SSSR count). The summed E-state index contributed by atoms with van der Waals surface area (Å²) in [6.07, 6.45) is 4.62. The number of amides is 2. The second-order valence-electron chi connectivity index (χ2n) is 6.65. The van der Waals surface area contributed by atoms with Crippen molar-refractivity contribution >= 4 is 17.9 Å². The molecule has 0 saturated carbocycles. The second-order valence-corrected chi connectivity index (χ2v) is 6.65. The molecule has 4 nitrogen and oxygen atoms in total. The van der Waals surface area contributed by atoms with Crippen molar-refractivity contribution in [2.45, 2.75) is 19.4 Å². The van der Waals surface area contributed by atoms with Gasteiger partial charge in [0.2, 0.25) is 11.8 Å². The molecule has 1 saturated heterocycles. The molecular weight excluding hydrogens is 343 g/mol. The zero-order valence-electron chi connectivity index (χ0n) is 15.1. The van der Waals surface area contributed by atoms with Gasteiger partial charge in [0.05, 0.1) is 0 Å². The molecule has 0 bridgehead atoms. The quantitative estimate of drug-likeness (QED) is 0.825. The van der Waals surface area contributed by atoms with Crippen LogP contribution in [0.2, 0.25) is 0 Å². The Hall–Kier alpha value is -2.95. The minimum atomic E-state index is -0.316. The Bertz CT molecular complexity index is 812. The Labute approximate surface area is 158 Å². The second kappa shape index (κ2) is 9.12. The summed E-state index contributed by atoms with van der Waals surface area (Å²) in [5.74, 6) is -0.573. The summed E-state index contributed by atoms with van der Waals surface area (Å²) in [4.78, 5) is 26.4. The number of nitrogens with zero attached hydrogens (tertiary/aromatic N) is 1. The Morgan fingerprint density at radius 2 is 1.70 bits per heavy atom. The largest absolute Gasteiger partial charge is 0.352 e. The first-order valence-electron chi connectivity index (χ1n) is 9.16. The first-order valence-corrected chi connectivity index (χ1v) is 9.16. The van der Waals surface area contributed by atoms with E-state index in [9.17, 15) is 14.0 Å². The summed E-state index contributed by atoms with van der Waals surface area (Å²) < 4.78 is 13.6. The molecule has 0 atom stereocenters. The molecule has 0 spiro atoms. The van der Waals surface area contributed by atoms with Crippen LogP contribution in [0.1, 0.15) is 24.0 Å². The predicted molar refractivity (Wildman–Crippen MR) is 103 cm³/mol. The number of benzene rings is 2. The highest BCUT2D eigenvalue weighted by atomic mass is 19.1. The van der Waals surface area contributed by atoms with Gasteiger partial charge in [-0.25, -0.2) is 4.39 Å². The predicted octanol–water partition coefficient (Wildman–Crippen LogP) is 3.39. The van der Waals surface area contributed by atoms with E-state index in [4.69, 9.17) is 0 Å². The maximum Gasteiger partial charge on any atom is 0.246 e. The molecule has 1 N–H and O–H groups in total. The molecule has 5 heteroatoms. The number of carbonyl (C=O) groups is 2. The van der Waals surface area contributed by atoms with Crippen LogP contribution in [0.4, 0.5) is 4.39 Å². The fraction of sp³-hybridized carbons (Fsp3) is 0.273. The van der Waals surface area contributed by atoms with Crippen molar-refractivity contribution in [3.05, 3.63) is 77.6 Å². The van der Waals surface area contributed by atoms with Crippen LogP contribution in [0.5, 0.6) is 0 Å². The highest BCUT2D eigenvalue weighted by Crippen LogP contribution is 2.18. The van der Waals surface area contributed by atoms with E-state index in [1.54, 1.807) is 35.3 Å². The first kappa shape index (κ1) is 18.8. The van der Waals surface area contributed by atoms with E-state index >= 15 is 0 Å². The third kappa shape index (κ3) is 5.26. The Balaban J connectivity index is 1.45. The van der Waals surface area contributed by atoms with Gasteiger partial charge in [-0.1, -0.05) is 48.5 Å². The van der Waals surface area contributed by atoms with E-state index in [-0.39, 0.29) is 30.1 Å². The highest BCUT2D eigenvalue weighted by molar-refractivity contribution is 5.92. The molecule has 1 aliphatic rings. The third-order valence-corrected chi connectivity index (χ3v) is 4.81. The molecule has 2 aromatic carbocycles. The van der Waals surface area contributed by atoms with Crippen molar-refractivity contribution in [3.8, 4) is 0 Å². The summed E-state index contributed by atoms with van der Waals surface area (Å²) in [5.41, 5.74) is 1.46. The molecular formula is C22H23FN2O2. The van der Waals surface area contributed by atoms with Crippen LogP contribution in [0.3, 0.4) is 0 Å². The van der Waals surface area contributed by atoms with Gasteiger partial charge < -0.3 is 10.2 Å². The number of likely N-dealkylation sites (tertiary alicyclic amines) is 1. The van der Waals surface area contributed by atoms with Crippen molar-refractivity contribution < 1.29 is 14.0 Å².